The SMILES string of the molecule is COc1cc2sc(=NC(=O)/C=C/c3cccc([N+](=O)[O-])c3)n(C)c2cc1OC. The van der Waals surface area contributed by atoms with Gasteiger partial charge in [0.2, 0.25) is 0 Å². The van der Waals surface area contributed by atoms with Crippen LogP contribution < -0.4 is 14.3 Å². The number of thiazole rings is 1. The zero-order valence-electron chi connectivity index (χ0n) is 15.4. The second-order valence-electron chi connectivity index (χ2n) is 5.75. The van der Waals surface area contributed by atoms with Crippen LogP contribution in [0.4, 0.5) is 5.69 Å². The molecule has 28 heavy (non-hydrogen) atoms. The lowest BCUT2D eigenvalue weighted by atomic mass is 10.2. The molecular formula is C19H17N3O5S. The van der Waals surface area contributed by atoms with Crippen LogP contribution in [-0.4, -0.2) is 29.6 Å². The van der Waals surface area contributed by atoms with Gasteiger partial charge in [0.25, 0.3) is 11.6 Å². The van der Waals surface area contributed by atoms with Gasteiger partial charge in [0.05, 0.1) is 29.4 Å². The number of carbonyl (C=O) groups excluding carboxylic acids is 1. The number of ether oxygens (including phenoxy) is 2. The average molecular weight is 399 g/mol. The first-order chi connectivity index (χ1) is 13.4. The van der Waals surface area contributed by atoms with Gasteiger partial charge in [-0.3, -0.25) is 14.9 Å². The smallest absolute Gasteiger partial charge is 0.272 e. The maximum Gasteiger partial charge on any atom is 0.272 e. The summed E-state index contributed by atoms with van der Waals surface area (Å²) in [5.74, 6) is 0.722. The highest BCUT2D eigenvalue weighted by Gasteiger charge is 2.11. The molecule has 1 heterocycles. The lowest BCUT2D eigenvalue weighted by Crippen LogP contribution is -2.12. The highest BCUT2D eigenvalue weighted by atomic mass is 32.1. The van der Waals surface area contributed by atoms with Gasteiger partial charge in [-0.1, -0.05) is 23.5 Å². The number of nitrogens with zero attached hydrogens (tertiary/aromatic N) is 3. The molecule has 0 aliphatic rings. The van der Waals surface area contributed by atoms with E-state index in [1.54, 1.807) is 38.0 Å². The Labute approximate surface area is 164 Å². The average Bonchev–Trinajstić information content (AvgIpc) is 3.00. The fraction of sp³-hybridized carbons (Fsp3) is 0.158. The zero-order chi connectivity index (χ0) is 20.3. The number of hydrogen-bond acceptors (Lipinski definition) is 6. The summed E-state index contributed by atoms with van der Waals surface area (Å²) in [6.45, 7) is 0. The number of hydrogen-bond donors (Lipinski definition) is 0. The van der Waals surface area contributed by atoms with E-state index in [1.165, 1.54) is 35.6 Å². The third kappa shape index (κ3) is 3.94. The van der Waals surface area contributed by atoms with Crippen LogP contribution in [-0.2, 0) is 11.8 Å². The van der Waals surface area contributed by atoms with Crippen LogP contribution in [0.5, 0.6) is 11.5 Å². The molecule has 3 aromatic rings. The van der Waals surface area contributed by atoms with E-state index in [0.717, 1.165) is 10.2 Å². The zero-order valence-corrected chi connectivity index (χ0v) is 16.2. The minimum absolute atomic E-state index is 0.0367. The predicted octanol–water partition coefficient (Wildman–Crippen LogP) is 3.31. The van der Waals surface area contributed by atoms with Gasteiger partial charge in [-0.05, 0) is 11.6 Å². The highest BCUT2D eigenvalue weighted by molar-refractivity contribution is 7.16. The van der Waals surface area contributed by atoms with E-state index < -0.39 is 10.8 Å². The maximum absolute atomic E-state index is 12.2. The second kappa shape index (κ2) is 8.05. The first-order valence-corrected chi connectivity index (χ1v) is 8.97. The molecule has 1 amide bonds. The van der Waals surface area contributed by atoms with Gasteiger partial charge < -0.3 is 14.0 Å². The number of fused-ring (bicyclic) bond motifs is 1. The van der Waals surface area contributed by atoms with E-state index in [1.807, 2.05) is 12.1 Å². The monoisotopic (exact) mass is 399 g/mol. The van der Waals surface area contributed by atoms with Crippen molar-refractivity contribution < 1.29 is 19.2 Å². The van der Waals surface area contributed by atoms with Gasteiger partial charge >= 0.3 is 0 Å². The topological polar surface area (TPSA) is 96.0 Å². The van der Waals surface area contributed by atoms with E-state index in [0.29, 0.717) is 21.9 Å². The van der Waals surface area contributed by atoms with Gasteiger partial charge in [0, 0.05) is 37.4 Å². The van der Waals surface area contributed by atoms with Gasteiger partial charge in [0.1, 0.15) is 0 Å². The van der Waals surface area contributed by atoms with Crippen LogP contribution in [0.1, 0.15) is 5.56 Å². The third-order valence-corrected chi connectivity index (χ3v) is 5.11. The van der Waals surface area contributed by atoms with Crippen molar-refractivity contribution >= 4 is 39.2 Å². The summed E-state index contributed by atoms with van der Waals surface area (Å²) in [5.41, 5.74) is 1.37. The number of carbonyl (C=O) groups is 1. The fourth-order valence-corrected chi connectivity index (χ4v) is 3.64. The summed E-state index contributed by atoms with van der Waals surface area (Å²) in [5, 5.41) is 10.8. The number of benzene rings is 2. The Hall–Kier alpha value is -3.46. The molecule has 1 aromatic heterocycles. The largest absolute Gasteiger partial charge is 0.493 e. The van der Waals surface area contributed by atoms with Crippen molar-refractivity contribution in [2.45, 2.75) is 0 Å². The maximum atomic E-state index is 12.2. The molecule has 0 atom stereocenters. The summed E-state index contributed by atoms with van der Waals surface area (Å²) in [4.78, 5) is 27.2. The summed E-state index contributed by atoms with van der Waals surface area (Å²) < 4.78 is 13.3. The van der Waals surface area contributed by atoms with E-state index in [2.05, 4.69) is 4.99 Å². The van der Waals surface area contributed by atoms with Crippen molar-refractivity contribution in [1.29, 1.82) is 0 Å². The number of nitro benzene ring substituents is 1. The van der Waals surface area contributed by atoms with Crippen molar-refractivity contribution in [2.75, 3.05) is 14.2 Å². The molecule has 0 saturated heterocycles. The lowest BCUT2D eigenvalue weighted by Gasteiger charge is -2.07. The van der Waals surface area contributed by atoms with Crippen molar-refractivity contribution in [2.24, 2.45) is 12.0 Å². The molecule has 9 heteroatoms. The quantitative estimate of drug-likeness (QED) is 0.373. The Kier molecular flexibility index (Phi) is 5.55. The Morgan fingerprint density at radius 2 is 1.93 bits per heavy atom. The predicted molar refractivity (Wildman–Crippen MR) is 107 cm³/mol. The molecule has 0 bridgehead atoms. The van der Waals surface area contributed by atoms with Gasteiger partial charge in [-0.25, -0.2) is 0 Å². The molecule has 0 saturated carbocycles. The molecule has 0 radical (unpaired) electrons. The first-order valence-electron chi connectivity index (χ1n) is 8.15. The van der Waals surface area contributed by atoms with Crippen molar-refractivity contribution in [3.05, 3.63) is 63.0 Å². The number of nitro groups is 1. The molecule has 0 fully saturated rings. The van der Waals surface area contributed by atoms with Crippen molar-refractivity contribution in [3.63, 3.8) is 0 Å². The Bertz CT molecular complexity index is 1160. The molecule has 0 unspecified atom stereocenters. The molecule has 144 valence electrons. The molecule has 0 spiro atoms. The molecule has 3 rings (SSSR count). The van der Waals surface area contributed by atoms with Crippen molar-refractivity contribution in [1.82, 2.24) is 4.57 Å². The van der Waals surface area contributed by atoms with Crippen molar-refractivity contribution in [3.8, 4) is 11.5 Å². The molecule has 8 nitrogen and oxygen atoms in total. The third-order valence-electron chi connectivity index (χ3n) is 4.02. The number of aromatic nitrogens is 1. The summed E-state index contributed by atoms with van der Waals surface area (Å²) in [7, 11) is 4.93. The van der Waals surface area contributed by atoms with Crippen LogP contribution in [0.2, 0.25) is 0 Å². The fourth-order valence-electron chi connectivity index (χ4n) is 2.60. The Balaban J connectivity index is 1.93. The minimum atomic E-state index is -0.483. The molecule has 0 N–H and O–H groups in total. The van der Waals surface area contributed by atoms with Crippen LogP contribution in [0.3, 0.4) is 0 Å². The van der Waals surface area contributed by atoms with E-state index in [-0.39, 0.29) is 5.69 Å². The van der Waals surface area contributed by atoms with E-state index in [9.17, 15) is 14.9 Å². The molecule has 0 aliphatic carbocycles. The summed E-state index contributed by atoms with van der Waals surface area (Å²) >= 11 is 1.35. The number of rotatable bonds is 5. The highest BCUT2D eigenvalue weighted by Crippen LogP contribution is 2.33. The van der Waals surface area contributed by atoms with Crippen LogP contribution in [0.25, 0.3) is 16.3 Å². The van der Waals surface area contributed by atoms with Crippen LogP contribution >= 0.6 is 11.3 Å². The Morgan fingerprint density at radius 1 is 1.21 bits per heavy atom. The Morgan fingerprint density at radius 3 is 2.61 bits per heavy atom. The molecule has 0 aliphatic heterocycles. The number of aryl methyl sites for hydroxylation is 1. The number of methoxy groups -OCH3 is 2. The van der Waals surface area contributed by atoms with Crippen LogP contribution in [0, 0.1) is 10.1 Å². The van der Waals surface area contributed by atoms with Gasteiger partial charge in [-0.2, -0.15) is 4.99 Å². The summed E-state index contributed by atoms with van der Waals surface area (Å²) in [6.07, 6.45) is 2.78. The first kappa shape index (κ1) is 19.3. The minimum Gasteiger partial charge on any atom is -0.493 e. The lowest BCUT2D eigenvalue weighted by molar-refractivity contribution is -0.384. The van der Waals surface area contributed by atoms with Gasteiger partial charge in [-0.15, -0.1) is 0 Å². The summed E-state index contributed by atoms with van der Waals surface area (Å²) in [6, 6.07) is 9.68. The van der Waals surface area contributed by atoms with E-state index >= 15 is 0 Å². The standard InChI is InChI=1S/C19H17N3O5S/c1-21-14-10-15(26-2)16(27-3)11-17(14)28-19(21)20-18(23)8-7-12-5-4-6-13(9-12)22(24)25/h4-11H,1-3H3/b8-7+,20-19?. The van der Waals surface area contributed by atoms with Gasteiger partial charge in [0.15, 0.2) is 16.3 Å². The second-order valence-corrected chi connectivity index (χ2v) is 6.76. The number of non-ortho nitro benzene ring substituents is 1. The molecular weight excluding hydrogens is 382 g/mol. The van der Waals surface area contributed by atoms with E-state index in [4.69, 9.17) is 9.47 Å². The molecule has 2 aromatic carbocycles. The van der Waals surface area contributed by atoms with Crippen LogP contribution in [0.15, 0.2) is 47.5 Å². The number of amides is 1. The normalized spacial score (nSPS) is 11.9.